The summed E-state index contributed by atoms with van der Waals surface area (Å²) in [6, 6.07) is 16.6. The number of carbonyl (C=O) groups excluding carboxylic acids is 3. The average Bonchev–Trinajstić information content (AvgIpc) is 2.90. The highest BCUT2D eigenvalue weighted by atomic mass is 16.2. The molecule has 1 unspecified atom stereocenters. The monoisotopic (exact) mass is 308 g/mol. The number of fused-ring (bicyclic) bond motifs is 1. The van der Waals surface area contributed by atoms with Gasteiger partial charge in [0.25, 0.3) is 5.91 Å². The Labute approximate surface area is 133 Å². The molecule has 0 radical (unpaired) electrons. The van der Waals surface area contributed by atoms with Gasteiger partial charge >= 0.3 is 0 Å². The molecule has 5 heteroatoms. The van der Waals surface area contributed by atoms with E-state index in [9.17, 15) is 14.4 Å². The highest BCUT2D eigenvalue weighted by Gasteiger charge is 2.39. The summed E-state index contributed by atoms with van der Waals surface area (Å²) in [5, 5.41) is 5.22. The first-order valence-corrected chi connectivity index (χ1v) is 7.42. The van der Waals surface area contributed by atoms with Crippen LogP contribution in [-0.2, 0) is 20.8 Å². The molecule has 23 heavy (non-hydrogen) atoms. The molecule has 2 N–H and O–H groups in total. The summed E-state index contributed by atoms with van der Waals surface area (Å²) in [6.07, 6.45) is 0.632. The molecule has 0 aliphatic carbocycles. The van der Waals surface area contributed by atoms with Gasteiger partial charge in [0.05, 0.1) is 0 Å². The van der Waals surface area contributed by atoms with Gasteiger partial charge in [-0.2, -0.15) is 0 Å². The van der Waals surface area contributed by atoms with Crippen molar-refractivity contribution in [2.75, 3.05) is 11.9 Å². The molecular weight excluding hydrogens is 292 g/mol. The molecule has 0 aromatic heterocycles. The molecule has 1 aliphatic heterocycles. The lowest BCUT2D eigenvalue weighted by atomic mass is 9.95. The van der Waals surface area contributed by atoms with E-state index in [1.165, 1.54) is 0 Å². The van der Waals surface area contributed by atoms with Crippen molar-refractivity contribution in [3.8, 4) is 0 Å². The second kappa shape index (κ2) is 6.44. The van der Waals surface area contributed by atoms with Crippen LogP contribution in [0.25, 0.3) is 0 Å². The summed E-state index contributed by atoms with van der Waals surface area (Å²) in [4.78, 5) is 36.3. The zero-order valence-electron chi connectivity index (χ0n) is 12.4. The Hall–Kier alpha value is -2.95. The lowest BCUT2D eigenvalue weighted by molar-refractivity contribution is -0.140. The Kier molecular flexibility index (Phi) is 4.19. The number of hydrogen-bond acceptors (Lipinski definition) is 3. The predicted molar refractivity (Wildman–Crippen MR) is 86.0 cm³/mol. The molecule has 0 saturated carbocycles. The Morgan fingerprint density at radius 1 is 1.00 bits per heavy atom. The third-order valence-electron chi connectivity index (χ3n) is 3.82. The second-order valence-electron chi connectivity index (χ2n) is 5.37. The van der Waals surface area contributed by atoms with Crippen LogP contribution in [0.3, 0.4) is 0 Å². The number of carbonyl (C=O) groups is 3. The summed E-state index contributed by atoms with van der Waals surface area (Å²) in [5.74, 6) is -2.95. The van der Waals surface area contributed by atoms with Gasteiger partial charge in [0.2, 0.25) is 11.7 Å². The van der Waals surface area contributed by atoms with Crippen molar-refractivity contribution < 1.29 is 14.4 Å². The quantitative estimate of drug-likeness (QED) is 0.651. The highest BCUT2D eigenvalue weighted by molar-refractivity contribution is 6.44. The van der Waals surface area contributed by atoms with Crippen molar-refractivity contribution in [1.29, 1.82) is 0 Å². The van der Waals surface area contributed by atoms with Gasteiger partial charge in [-0.05, 0) is 23.6 Å². The fourth-order valence-corrected chi connectivity index (χ4v) is 2.65. The first-order valence-electron chi connectivity index (χ1n) is 7.42. The lowest BCUT2D eigenvalue weighted by Crippen LogP contribution is -2.37. The van der Waals surface area contributed by atoms with Gasteiger partial charge in [0, 0.05) is 12.2 Å². The van der Waals surface area contributed by atoms with E-state index >= 15 is 0 Å². The summed E-state index contributed by atoms with van der Waals surface area (Å²) < 4.78 is 0. The number of amides is 2. The van der Waals surface area contributed by atoms with E-state index in [0.717, 1.165) is 5.56 Å². The third kappa shape index (κ3) is 3.13. The van der Waals surface area contributed by atoms with E-state index in [2.05, 4.69) is 10.6 Å². The van der Waals surface area contributed by atoms with Crippen molar-refractivity contribution in [1.82, 2.24) is 5.32 Å². The minimum Gasteiger partial charge on any atom is -0.349 e. The van der Waals surface area contributed by atoms with Crippen LogP contribution in [-0.4, -0.2) is 24.1 Å². The number of para-hydroxylation sites is 1. The fourth-order valence-electron chi connectivity index (χ4n) is 2.65. The van der Waals surface area contributed by atoms with E-state index in [1.807, 2.05) is 30.3 Å². The zero-order chi connectivity index (χ0) is 16.2. The van der Waals surface area contributed by atoms with Crippen LogP contribution in [0.1, 0.15) is 17.0 Å². The summed E-state index contributed by atoms with van der Waals surface area (Å²) in [7, 11) is 0. The first kappa shape index (κ1) is 15.0. The number of benzene rings is 2. The van der Waals surface area contributed by atoms with Gasteiger partial charge in [-0.25, -0.2) is 0 Å². The molecule has 2 aromatic carbocycles. The number of anilines is 1. The molecule has 116 valence electrons. The Morgan fingerprint density at radius 3 is 2.48 bits per heavy atom. The molecule has 1 aliphatic rings. The van der Waals surface area contributed by atoms with Crippen molar-refractivity contribution in [2.45, 2.75) is 12.3 Å². The Balaban J connectivity index is 1.62. The predicted octanol–water partition coefficient (Wildman–Crippen LogP) is 1.65. The van der Waals surface area contributed by atoms with Crippen LogP contribution in [0.4, 0.5) is 5.69 Å². The molecule has 5 nitrogen and oxygen atoms in total. The van der Waals surface area contributed by atoms with Crippen molar-refractivity contribution in [2.24, 2.45) is 0 Å². The number of hydrogen-bond donors (Lipinski definition) is 2. The van der Waals surface area contributed by atoms with E-state index in [-0.39, 0.29) is 0 Å². The maximum Gasteiger partial charge on any atom is 0.288 e. The number of Topliss-reactive ketones (excluding diaryl/α,β-unsaturated/α-hetero) is 1. The maximum absolute atomic E-state index is 12.3. The lowest BCUT2D eigenvalue weighted by Gasteiger charge is -2.08. The minimum atomic E-state index is -1.05. The van der Waals surface area contributed by atoms with Crippen LogP contribution in [0, 0.1) is 0 Å². The molecular formula is C18H16N2O3. The van der Waals surface area contributed by atoms with E-state index in [4.69, 9.17) is 0 Å². The minimum absolute atomic E-state index is 0.352. The van der Waals surface area contributed by atoms with E-state index < -0.39 is 23.5 Å². The molecule has 2 aromatic rings. The molecule has 0 fully saturated rings. The number of ketones is 1. The van der Waals surface area contributed by atoms with Crippen molar-refractivity contribution in [3.63, 3.8) is 0 Å². The van der Waals surface area contributed by atoms with Gasteiger partial charge in [-0.15, -0.1) is 0 Å². The first-order chi connectivity index (χ1) is 11.2. The van der Waals surface area contributed by atoms with Crippen molar-refractivity contribution >= 4 is 23.3 Å². The SMILES string of the molecule is O=C(NCCc1ccccc1)C(=O)C1C(=O)Nc2ccccc21. The topological polar surface area (TPSA) is 75.3 Å². The normalized spacial score (nSPS) is 15.7. The molecule has 0 bridgehead atoms. The maximum atomic E-state index is 12.3. The zero-order valence-corrected chi connectivity index (χ0v) is 12.4. The Bertz CT molecular complexity index is 756. The number of rotatable bonds is 5. The van der Waals surface area contributed by atoms with Crippen molar-refractivity contribution in [3.05, 3.63) is 65.7 Å². The second-order valence-corrected chi connectivity index (χ2v) is 5.37. The van der Waals surface area contributed by atoms with Gasteiger partial charge < -0.3 is 10.6 Å². The Morgan fingerprint density at radius 2 is 1.70 bits per heavy atom. The van der Waals surface area contributed by atoms with Gasteiger partial charge in [-0.3, -0.25) is 14.4 Å². The summed E-state index contributed by atoms with van der Waals surface area (Å²) in [6.45, 7) is 0.352. The van der Waals surface area contributed by atoms with Crippen LogP contribution < -0.4 is 10.6 Å². The molecule has 0 saturated heterocycles. The average molecular weight is 308 g/mol. The smallest absolute Gasteiger partial charge is 0.288 e. The molecule has 1 atom stereocenters. The standard InChI is InChI=1S/C18H16N2O3/c21-16(15-13-8-4-5-9-14(13)20-17(15)22)18(23)19-11-10-12-6-2-1-3-7-12/h1-9,15H,10-11H2,(H,19,23)(H,20,22). The fraction of sp³-hybridized carbons (Fsp3) is 0.167. The van der Waals surface area contributed by atoms with Crippen LogP contribution >= 0.6 is 0 Å². The summed E-state index contributed by atoms with van der Waals surface area (Å²) >= 11 is 0. The molecule has 0 spiro atoms. The van der Waals surface area contributed by atoms with Crippen LogP contribution in [0.15, 0.2) is 54.6 Å². The van der Waals surface area contributed by atoms with Crippen LogP contribution in [0.5, 0.6) is 0 Å². The van der Waals surface area contributed by atoms with E-state index in [0.29, 0.717) is 24.2 Å². The van der Waals surface area contributed by atoms with Gasteiger partial charge in [0.1, 0.15) is 5.92 Å². The van der Waals surface area contributed by atoms with Gasteiger partial charge in [-0.1, -0.05) is 48.5 Å². The molecule has 3 rings (SSSR count). The number of nitrogens with one attached hydrogen (secondary N) is 2. The van der Waals surface area contributed by atoms with Crippen LogP contribution in [0.2, 0.25) is 0 Å². The highest BCUT2D eigenvalue weighted by Crippen LogP contribution is 2.32. The van der Waals surface area contributed by atoms with E-state index in [1.54, 1.807) is 24.3 Å². The largest absolute Gasteiger partial charge is 0.349 e. The third-order valence-corrected chi connectivity index (χ3v) is 3.82. The summed E-state index contributed by atoms with van der Waals surface area (Å²) in [5.41, 5.74) is 2.22. The molecule has 2 amide bonds. The van der Waals surface area contributed by atoms with Gasteiger partial charge in [0.15, 0.2) is 0 Å². The molecule has 1 heterocycles.